The monoisotopic (exact) mass is 970 g/mol. The first kappa shape index (κ1) is 57.4. The van der Waals surface area contributed by atoms with Gasteiger partial charge in [0.1, 0.15) is 11.2 Å². The smallest absolute Gasteiger partial charge is 0.850 e. The van der Waals surface area contributed by atoms with E-state index >= 15 is 0 Å². The number of hydrogen-bond donors (Lipinski definition) is 3. The number of aromatic amines is 2. The number of halogens is 1. The van der Waals surface area contributed by atoms with Gasteiger partial charge in [-0.25, -0.2) is 9.59 Å². The number of nitrogens with one attached hydrogen (secondary N) is 3. The van der Waals surface area contributed by atoms with Crippen molar-refractivity contribution >= 4 is 55.3 Å². The second-order valence-electron chi connectivity index (χ2n) is 15.9. The Morgan fingerprint density at radius 2 is 1.05 bits per heavy atom. The number of fused-ring (bicyclic) bond motifs is 2. The van der Waals surface area contributed by atoms with Crippen molar-refractivity contribution in [2.45, 2.75) is 79.1 Å². The third kappa shape index (κ3) is 21.0. The number of benzene rings is 2. The predicted molar refractivity (Wildman–Crippen MR) is 230 cm³/mol. The van der Waals surface area contributed by atoms with Crippen LogP contribution < -0.4 is 56.0 Å². The molecule has 2 saturated heterocycles. The summed E-state index contributed by atoms with van der Waals surface area (Å²) in [6, 6.07) is 15.2. The van der Waals surface area contributed by atoms with Crippen molar-refractivity contribution in [3.8, 4) is 0 Å². The van der Waals surface area contributed by atoms with Gasteiger partial charge in [0.25, 0.3) is 11.1 Å². The van der Waals surface area contributed by atoms with Crippen LogP contribution in [0.2, 0.25) is 0 Å². The molecular weight excluding hydrogens is 910 g/mol. The van der Waals surface area contributed by atoms with Crippen molar-refractivity contribution in [2.75, 3.05) is 57.3 Å². The van der Waals surface area contributed by atoms with Gasteiger partial charge in [-0.1, -0.05) is 36.7 Å². The van der Waals surface area contributed by atoms with Gasteiger partial charge in [0.15, 0.2) is 0 Å². The Kier molecular flexibility index (Phi) is 25.5. The molecule has 0 radical (unpaired) electrons. The van der Waals surface area contributed by atoms with Gasteiger partial charge in [-0.2, -0.15) is 0 Å². The SMILES string of the molecule is CC(C)(C)OC(=O)N1CCN(c2ccc3c(=O)[nH]ccc3c2)CC1.CC(C)(C)OC(=O)N1CCNCC1.CC(C)(C)[O-].O=c1[nH]ccc2cc(Br)ccc12.[CH3-].[CH3-].[Na+].[Pd+2]. The molecule has 2 amide bonds. The Hall–Kier alpha value is -2.74. The van der Waals surface area contributed by atoms with Crippen molar-refractivity contribution in [3.63, 3.8) is 0 Å². The Labute approximate surface area is 389 Å². The van der Waals surface area contributed by atoms with E-state index in [0.29, 0.717) is 18.5 Å². The second kappa shape index (κ2) is 25.8. The number of rotatable bonds is 1. The number of anilines is 1. The quantitative estimate of drug-likeness (QED) is 0.191. The van der Waals surface area contributed by atoms with Gasteiger partial charge < -0.3 is 59.4 Å². The fraction of sp³-hybridized carbons (Fsp3) is 0.476. The number of carbonyl (C=O) groups excluding carboxylic acids is 2. The maximum absolute atomic E-state index is 12.1. The molecule has 0 aliphatic carbocycles. The van der Waals surface area contributed by atoms with E-state index in [2.05, 4.69) is 36.1 Å². The van der Waals surface area contributed by atoms with Crippen LogP contribution in [0.4, 0.5) is 15.3 Å². The molecule has 0 atom stereocenters. The van der Waals surface area contributed by atoms with Gasteiger partial charge in [0, 0.05) is 85.7 Å². The van der Waals surface area contributed by atoms with Gasteiger partial charge in [0.2, 0.25) is 0 Å². The molecule has 13 nitrogen and oxygen atoms in total. The van der Waals surface area contributed by atoms with Crippen molar-refractivity contribution in [2.24, 2.45) is 0 Å². The number of amides is 2. The van der Waals surface area contributed by atoms with Crippen LogP contribution in [0.3, 0.4) is 0 Å². The maximum atomic E-state index is 12.1. The van der Waals surface area contributed by atoms with E-state index < -0.39 is 11.2 Å². The van der Waals surface area contributed by atoms with Gasteiger partial charge in [-0.3, -0.25) is 9.59 Å². The zero-order valence-corrected chi connectivity index (χ0v) is 41.5. The first-order valence-electron chi connectivity index (χ1n) is 18.1. The van der Waals surface area contributed by atoms with E-state index in [9.17, 15) is 24.3 Å². The van der Waals surface area contributed by atoms with Gasteiger partial charge in [-0.15, -0.1) is 5.60 Å². The van der Waals surface area contributed by atoms with Gasteiger partial charge in [-0.05, 0) is 101 Å². The molecule has 320 valence electrons. The van der Waals surface area contributed by atoms with Crippen molar-refractivity contribution in [1.82, 2.24) is 25.1 Å². The fourth-order valence-electron chi connectivity index (χ4n) is 5.19. The molecule has 2 aromatic carbocycles. The van der Waals surface area contributed by atoms with E-state index in [1.54, 1.807) is 49.0 Å². The minimum atomic E-state index is -0.750. The van der Waals surface area contributed by atoms with Crippen LogP contribution in [0.25, 0.3) is 21.5 Å². The summed E-state index contributed by atoms with van der Waals surface area (Å²) in [7, 11) is 0. The standard InChI is InChI=1S/C18H23N3O3.C9H6BrNO.C9H18N2O2.C4H9O.2CH3.Na.Pd/c1-18(2,3)24-17(23)21-10-8-20(9-11-21)14-4-5-15-13(12-14)6-7-19-16(15)22;10-7-1-2-8-6(5-7)3-4-11-9(8)12;1-9(2,3)13-8(12)11-6-4-10-5-7-11;1-4(2,3)5;;;;/h4-7,12H,8-11H2,1-3H3,(H,19,22);1-5H,(H,11,12);10H,4-7H2,1-3H3;1-3H3;2*1H3;;/q;;;3*-1;+1;+2. The first-order valence-corrected chi connectivity index (χ1v) is 18.9. The molecule has 6 rings (SSSR count). The second-order valence-corrected chi connectivity index (χ2v) is 16.8. The van der Waals surface area contributed by atoms with Crippen LogP contribution in [0.1, 0.15) is 62.3 Å². The van der Waals surface area contributed by atoms with Gasteiger partial charge in [0.05, 0.1) is 0 Å². The molecule has 2 aromatic heterocycles. The largest absolute Gasteiger partial charge is 2.00 e. The molecule has 4 aromatic rings. The molecule has 16 heteroatoms. The third-order valence-electron chi connectivity index (χ3n) is 7.56. The molecule has 2 aliphatic rings. The molecule has 3 N–H and O–H groups in total. The Balaban J connectivity index is 0. The maximum Gasteiger partial charge on any atom is 2.00 e. The number of pyridine rings is 2. The summed E-state index contributed by atoms with van der Waals surface area (Å²) < 4.78 is 11.6. The molecule has 2 fully saturated rings. The third-order valence-corrected chi connectivity index (χ3v) is 8.05. The first-order chi connectivity index (χ1) is 25.1. The van der Waals surface area contributed by atoms with Crippen LogP contribution in [0, 0.1) is 14.9 Å². The average Bonchev–Trinajstić information content (AvgIpc) is 3.07. The number of ether oxygens (including phenoxy) is 2. The topological polar surface area (TPSA) is 163 Å². The summed E-state index contributed by atoms with van der Waals surface area (Å²) in [6.07, 6.45) is 2.85. The minimum Gasteiger partial charge on any atom is -0.850 e. The Morgan fingerprint density at radius 1 is 0.655 bits per heavy atom. The summed E-state index contributed by atoms with van der Waals surface area (Å²) in [5, 5.41) is 16.6. The van der Waals surface area contributed by atoms with E-state index in [0.717, 1.165) is 65.6 Å². The Morgan fingerprint density at radius 3 is 1.48 bits per heavy atom. The van der Waals surface area contributed by atoms with Gasteiger partial charge >= 0.3 is 62.2 Å². The van der Waals surface area contributed by atoms with Crippen LogP contribution >= 0.6 is 15.9 Å². The minimum absolute atomic E-state index is 0. The summed E-state index contributed by atoms with van der Waals surface area (Å²) >= 11 is 3.34. The summed E-state index contributed by atoms with van der Waals surface area (Å²) in [6.45, 7) is 22.1. The fourth-order valence-corrected chi connectivity index (χ4v) is 5.57. The predicted octanol–water partition coefficient (Wildman–Crippen LogP) is 3.75. The molecular formula is C42H62BrN6NaO7Pd. The molecule has 0 saturated carbocycles. The summed E-state index contributed by atoms with van der Waals surface area (Å²) in [5.41, 5.74) is -0.660. The molecule has 2 aliphatic heterocycles. The normalized spacial score (nSPS) is 13.8. The van der Waals surface area contributed by atoms with Crippen LogP contribution in [0.15, 0.2) is 75.0 Å². The number of hydrogen-bond acceptors (Lipinski definition) is 9. The molecule has 58 heavy (non-hydrogen) atoms. The van der Waals surface area contributed by atoms with Crippen molar-refractivity contribution in [1.29, 1.82) is 0 Å². The molecule has 0 bridgehead atoms. The number of aromatic nitrogens is 2. The summed E-state index contributed by atoms with van der Waals surface area (Å²) in [5.74, 6) is 0. The Bertz CT molecular complexity index is 1950. The van der Waals surface area contributed by atoms with E-state index in [1.807, 2.05) is 84.0 Å². The number of H-pyrrole nitrogens is 2. The zero-order chi connectivity index (χ0) is 40.3. The zero-order valence-electron chi connectivity index (χ0n) is 36.3. The number of carbonyl (C=O) groups is 2. The van der Waals surface area contributed by atoms with E-state index in [1.165, 1.54) is 0 Å². The van der Waals surface area contributed by atoms with Crippen molar-refractivity contribution in [3.05, 3.63) is 101 Å². The van der Waals surface area contributed by atoms with Crippen LogP contribution in [0.5, 0.6) is 0 Å². The molecule has 0 spiro atoms. The van der Waals surface area contributed by atoms with E-state index in [-0.39, 0.29) is 93.7 Å². The average molecular weight is 972 g/mol. The molecule has 0 unspecified atom stereocenters. The van der Waals surface area contributed by atoms with E-state index in [4.69, 9.17) is 9.47 Å². The van der Waals surface area contributed by atoms with Crippen LogP contribution in [-0.4, -0.2) is 101 Å². The molecule has 4 heterocycles. The number of piperazine rings is 2. The number of nitrogens with zero attached hydrogens (tertiary/aromatic N) is 3. The van der Waals surface area contributed by atoms with Crippen LogP contribution in [-0.2, 0) is 29.9 Å². The summed E-state index contributed by atoms with van der Waals surface area (Å²) in [4.78, 5) is 57.6. The van der Waals surface area contributed by atoms with Crippen molar-refractivity contribution < 1.29 is 74.1 Å².